The van der Waals surface area contributed by atoms with Crippen LogP contribution in [0.1, 0.15) is 6.92 Å². The molecule has 0 saturated heterocycles. The molecule has 0 aliphatic carbocycles. The maximum atomic E-state index is 9.02. The third-order valence-electron chi connectivity index (χ3n) is 2.30. The molecule has 14 heavy (non-hydrogen) atoms. The van der Waals surface area contributed by atoms with Crippen molar-refractivity contribution < 1.29 is 5.11 Å². The fraction of sp³-hybridized carbons (Fsp3) is 0.400. The molecule has 0 aliphatic heterocycles. The van der Waals surface area contributed by atoms with E-state index in [1.165, 1.54) is 0 Å². The van der Waals surface area contributed by atoms with Crippen molar-refractivity contribution in [3.05, 3.63) is 23.2 Å². The van der Waals surface area contributed by atoms with Gasteiger partial charge in [-0.3, -0.25) is 0 Å². The van der Waals surface area contributed by atoms with Gasteiger partial charge in [0, 0.05) is 13.1 Å². The standard InChI is InChI=1S/C10H15ClN2O/c1-7(6-14)13(2)10-8(11)4-3-5-9(10)12/h3-5,7,14H,6,12H2,1-2H3. The quantitative estimate of drug-likeness (QED) is 0.754. The molecular formula is C10H15ClN2O. The van der Waals surface area contributed by atoms with Gasteiger partial charge in [-0.15, -0.1) is 0 Å². The molecule has 0 saturated carbocycles. The zero-order valence-electron chi connectivity index (χ0n) is 8.37. The van der Waals surface area contributed by atoms with Gasteiger partial charge in [0.2, 0.25) is 0 Å². The Kier molecular flexibility index (Phi) is 3.61. The molecule has 0 aliphatic rings. The second-order valence-corrected chi connectivity index (χ2v) is 3.73. The molecule has 3 N–H and O–H groups in total. The Morgan fingerprint density at radius 3 is 2.71 bits per heavy atom. The highest BCUT2D eigenvalue weighted by molar-refractivity contribution is 6.34. The first-order valence-corrected chi connectivity index (χ1v) is 4.83. The lowest BCUT2D eigenvalue weighted by molar-refractivity contribution is 0.270. The molecule has 0 heterocycles. The number of aliphatic hydroxyl groups is 1. The lowest BCUT2D eigenvalue weighted by Crippen LogP contribution is -2.32. The Bertz CT molecular complexity index is 297. The lowest BCUT2D eigenvalue weighted by atomic mass is 10.2. The normalized spacial score (nSPS) is 12.6. The number of hydrogen-bond donors (Lipinski definition) is 2. The average molecular weight is 215 g/mol. The maximum absolute atomic E-state index is 9.02. The molecular weight excluding hydrogens is 200 g/mol. The third kappa shape index (κ3) is 2.11. The Morgan fingerprint density at radius 2 is 2.21 bits per heavy atom. The number of para-hydroxylation sites is 1. The number of nitrogens with zero attached hydrogens (tertiary/aromatic N) is 1. The van der Waals surface area contributed by atoms with Crippen LogP contribution < -0.4 is 10.6 Å². The van der Waals surface area contributed by atoms with Gasteiger partial charge in [0.1, 0.15) is 0 Å². The summed E-state index contributed by atoms with van der Waals surface area (Å²) < 4.78 is 0. The summed E-state index contributed by atoms with van der Waals surface area (Å²) in [5, 5.41) is 9.63. The molecule has 0 radical (unpaired) electrons. The summed E-state index contributed by atoms with van der Waals surface area (Å²) in [7, 11) is 1.86. The topological polar surface area (TPSA) is 49.5 Å². The van der Waals surface area contributed by atoms with Crippen molar-refractivity contribution in [2.45, 2.75) is 13.0 Å². The SMILES string of the molecule is CC(CO)N(C)c1c(N)cccc1Cl. The van der Waals surface area contributed by atoms with Crippen LogP contribution in [-0.4, -0.2) is 24.8 Å². The van der Waals surface area contributed by atoms with E-state index in [4.69, 9.17) is 22.4 Å². The van der Waals surface area contributed by atoms with Gasteiger partial charge in [0.25, 0.3) is 0 Å². The van der Waals surface area contributed by atoms with Gasteiger partial charge in [-0.1, -0.05) is 17.7 Å². The van der Waals surface area contributed by atoms with Crippen molar-refractivity contribution in [3.8, 4) is 0 Å². The summed E-state index contributed by atoms with van der Waals surface area (Å²) >= 11 is 6.02. The first kappa shape index (κ1) is 11.1. The fourth-order valence-electron chi connectivity index (χ4n) is 1.25. The number of benzene rings is 1. The minimum Gasteiger partial charge on any atom is -0.397 e. The zero-order valence-corrected chi connectivity index (χ0v) is 9.12. The van der Waals surface area contributed by atoms with E-state index in [-0.39, 0.29) is 12.6 Å². The Labute approximate surface area is 89.1 Å². The molecule has 3 nitrogen and oxygen atoms in total. The monoisotopic (exact) mass is 214 g/mol. The molecule has 1 unspecified atom stereocenters. The number of likely N-dealkylation sites (N-methyl/N-ethyl adjacent to an activating group) is 1. The first-order valence-electron chi connectivity index (χ1n) is 4.45. The van der Waals surface area contributed by atoms with Crippen LogP contribution >= 0.6 is 11.6 Å². The highest BCUT2D eigenvalue weighted by Gasteiger charge is 2.14. The van der Waals surface area contributed by atoms with Crippen LogP contribution in [-0.2, 0) is 0 Å². The van der Waals surface area contributed by atoms with E-state index in [0.29, 0.717) is 10.7 Å². The summed E-state index contributed by atoms with van der Waals surface area (Å²) in [4.78, 5) is 1.87. The maximum Gasteiger partial charge on any atom is 0.0789 e. The summed E-state index contributed by atoms with van der Waals surface area (Å²) in [5.74, 6) is 0. The minimum absolute atomic E-state index is 0.00259. The van der Waals surface area contributed by atoms with E-state index in [2.05, 4.69) is 0 Å². The second kappa shape index (κ2) is 4.53. The molecule has 0 bridgehead atoms. The van der Waals surface area contributed by atoms with E-state index in [1.807, 2.05) is 18.9 Å². The summed E-state index contributed by atoms with van der Waals surface area (Å²) in [6, 6.07) is 5.38. The lowest BCUT2D eigenvalue weighted by Gasteiger charge is -2.27. The highest BCUT2D eigenvalue weighted by Crippen LogP contribution is 2.31. The van der Waals surface area contributed by atoms with Gasteiger partial charge in [-0.2, -0.15) is 0 Å². The van der Waals surface area contributed by atoms with Crippen LogP contribution in [0.4, 0.5) is 11.4 Å². The molecule has 1 aromatic carbocycles. The van der Waals surface area contributed by atoms with Gasteiger partial charge < -0.3 is 15.7 Å². The van der Waals surface area contributed by atoms with Crippen LogP contribution in [0.3, 0.4) is 0 Å². The predicted octanol–water partition coefficient (Wildman–Crippen LogP) is 1.74. The number of anilines is 2. The first-order chi connectivity index (χ1) is 6.57. The summed E-state index contributed by atoms with van der Waals surface area (Å²) in [6.45, 7) is 1.98. The van der Waals surface area contributed by atoms with Gasteiger partial charge >= 0.3 is 0 Å². The Morgan fingerprint density at radius 1 is 1.57 bits per heavy atom. The van der Waals surface area contributed by atoms with Crippen molar-refractivity contribution in [3.63, 3.8) is 0 Å². The van der Waals surface area contributed by atoms with E-state index in [1.54, 1.807) is 18.2 Å². The average Bonchev–Trinajstić information content (AvgIpc) is 2.16. The summed E-state index contributed by atoms with van der Waals surface area (Å²) in [5.41, 5.74) is 7.21. The van der Waals surface area contributed by atoms with Crippen molar-refractivity contribution in [2.75, 3.05) is 24.3 Å². The number of rotatable bonds is 3. The summed E-state index contributed by atoms with van der Waals surface area (Å²) in [6.07, 6.45) is 0. The fourth-order valence-corrected chi connectivity index (χ4v) is 1.56. The van der Waals surface area contributed by atoms with Crippen molar-refractivity contribution in [2.24, 2.45) is 0 Å². The van der Waals surface area contributed by atoms with Crippen molar-refractivity contribution in [1.82, 2.24) is 0 Å². The van der Waals surface area contributed by atoms with E-state index < -0.39 is 0 Å². The number of halogens is 1. The van der Waals surface area contributed by atoms with Crippen LogP contribution in [0, 0.1) is 0 Å². The van der Waals surface area contributed by atoms with Crippen molar-refractivity contribution >= 4 is 23.0 Å². The largest absolute Gasteiger partial charge is 0.397 e. The number of nitrogen functional groups attached to an aromatic ring is 1. The number of hydrogen-bond acceptors (Lipinski definition) is 3. The Balaban J connectivity index is 3.05. The predicted molar refractivity (Wildman–Crippen MR) is 60.8 cm³/mol. The molecule has 1 atom stereocenters. The third-order valence-corrected chi connectivity index (χ3v) is 2.60. The minimum atomic E-state index is -0.00259. The van der Waals surface area contributed by atoms with E-state index >= 15 is 0 Å². The van der Waals surface area contributed by atoms with E-state index in [0.717, 1.165) is 5.69 Å². The number of nitrogens with two attached hydrogens (primary N) is 1. The van der Waals surface area contributed by atoms with Gasteiger partial charge in [0.05, 0.1) is 23.0 Å². The molecule has 1 rings (SSSR count). The van der Waals surface area contributed by atoms with Crippen LogP contribution in [0.2, 0.25) is 5.02 Å². The zero-order chi connectivity index (χ0) is 10.7. The second-order valence-electron chi connectivity index (χ2n) is 3.32. The molecule has 78 valence electrons. The molecule has 1 aromatic rings. The molecule has 0 spiro atoms. The number of aliphatic hydroxyl groups excluding tert-OH is 1. The van der Waals surface area contributed by atoms with Crippen LogP contribution in [0.15, 0.2) is 18.2 Å². The molecule has 0 fully saturated rings. The van der Waals surface area contributed by atoms with Gasteiger partial charge in [-0.25, -0.2) is 0 Å². The van der Waals surface area contributed by atoms with Gasteiger partial charge in [0.15, 0.2) is 0 Å². The molecule has 4 heteroatoms. The molecule has 0 amide bonds. The van der Waals surface area contributed by atoms with Crippen LogP contribution in [0.25, 0.3) is 0 Å². The smallest absolute Gasteiger partial charge is 0.0789 e. The van der Waals surface area contributed by atoms with Crippen molar-refractivity contribution in [1.29, 1.82) is 0 Å². The highest BCUT2D eigenvalue weighted by atomic mass is 35.5. The van der Waals surface area contributed by atoms with E-state index in [9.17, 15) is 0 Å². The van der Waals surface area contributed by atoms with Crippen LogP contribution in [0.5, 0.6) is 0 Å². The Hall–Kier alpha value is -0.930. The molecule has 0 aromatic heterocycles. The van der Waals surface area contributed by atoms with Gasteiger partial charge in [-0.05, 0) is 19.1 Å².